The van der Waals surface area contributed by atoms with Gasteiger partial charge in [-0.3, -0.25) is 4.79 Å². The second-order valence-electron chi connectivity index (χ2n) is 4.79. The third-order valence-corrected chi connectivity index (χ3v) is 4.09. The molecule has 1 unspecified atom stereocenters. The molecule has 116 valence electrons. The van der Waals surface area contributed by atoms with Crippen LogP contribution in [0.25, 0.3) is 0 Å². The fourth-order valence-corrected chi connectivity index (χ4v) is 2.97. The number of nitrogens with two attached hydrogens (primary N) is 1. The van der Waals surface area contributed by atoms with Crippen LogP contribution in [0, 0.1) is 5.92 Å². The monoisotopic (exact) mass is 340 g/mol. The molecule has 1 aliphatic rings. The van der Waals surface area contributed by atoms with E-state index >= 15 is 0 Å². The van der Waals surface area contributed by atoms with Crippen LogP contribution in [0.1, 0.15) is 21.9 Å². The van der Waals surface area contributed by atoms with E-state index in [1.54, 1.807) is 5.38 Å². The van der Waals surface area contributed by atoms with Gasteiger partial charge in [-0.1, -0.05) is 0 Å². The zero-order valence-electron chi connectivity index (χ0n) is 11.5. The molecule has 0 bridgehead atoms. The Morgan fingerprint density at radius 1 is 1.60 bits per heavy atom. The summed E-state index contributed by atoms with van der Waals surface area (Å²) in [4.78, 5) is 18.5. The molecule has 0 saturated carbocycles. The number of hydrogen-bond donors (Lipinski definition) is 2. The molecule has 1 amide bonds. The molecule has 8 heteroatoms. The van der Waals surface area contributed by atoms with E-state index in [4.69, 9.17) is 5.73 Å². The van der Waals surface area contributed by atoms with E-state index in [1.807, 2.05) is 0 Å². The molecule has 20 heavy (non-hydrogen) atoms. The highest BCUT2D eigenvalue weighted by molar-refractivity contribution is 7.09. The maximum absolute atomic E-state index is 11.9. The van der Waals surface area contributed by atoms with Crippen molar-refractivity contribution in [3.8, 4) is 0 Å². The summed E-state index contributed by atoms with van der Waals surface area (Å²) in [6, 6.07) is 0. The number of aromatic nitrogens is 1. The van der Waals surface area contributed by atoms with Gasteiger partial charge in [0, 0.05) is 24.9 Å². The molecule has 1 aromatic rings. The van der Waals surface area contributed by atoms with Gasteiger partial charge in [-0.25, -0.2) is 4.98 Å². The highest BCUT2D eigenvalue weighted by Crippen LogP contribution is 2.14. The van der Waals surface area contributed by atoms with Crippen molar-refractivity contribution in [1.82, 2.24) is 15.2 Å². The molecule has 0 spiro atoms. The van der Waals surface area contributed by atoms with Crippen LogP contribution in [0.2, 0.25) is 0 Å². The molecule has 0 radical (unpaired) electrons. The number of halogens is 2. The van der Waals surface area contributed by atoms with Gasteiger partial charge < -0.3 is 16.0 Å². The number of carbonyl (C=O) groups excluding carboxylic acids is 1. The first-order valence-corrected chi connectivity index (χ1v) is 7.18. The molecule has 1 atom stereocenters. The van der Waals surface area contributed by atoms with Crippen LogP contribution in [0.3, 0.4) is 0 Å². The van der Waals surface area contributed by atoms with Crippen LogP contribution in [-0.4, -0.2) is 49.0 Å². The summed E-state index contributed by atoms with van der Waals surface area (Å²) in [5.41, 5.74) is 5.98. The number of nitrogens with zero attached hydrogens (tertiary/aromatic N) is 2. The van der Waals surface area contributed by atoms with E-state index < -0.39 is 0 Å². The molecule has 1 aromatic heterocycles. The van der Waals surface area contributed by atoms with Crippen LogP contribution in [0.5, 0.6) is 0 Å². The molecule has 2 rings (SSSR count). The fraction of sp³-hybridized carbons (Fsp3) is 0.667. The van der Waals surface area contributed by atoms with Gasteiger partial charge in [0.1, 0.15) is 5.69 Å². The fourth-order valence-electron chi connectivity index (χ4n) is 2.17. The molecule has 1 saturated heterocycles. The number of amides is 1. The summed E-state index contributed by atoms with van der Waals surface area (Å²) in [7, 11) is 2.11. The van der Waals surface area contributed by atoms with Gasteiger partial charge in [0.05, 0.1) is 5.01 Å². The molecular weight excluding hydrogens is 319 g/mol. The summed E-state index contributed by atoms with van der Waals surface area (Å²) in [6.07, 6.45) is 1.90. The zero-order chi connectivity index (χ0) is 13.0. The number of carbonyl (C=O) groups is 1. The zero-order valence-corrected chi connectivity index (χ0v) is 14.0. The first kappa shape index (κ1) is 19.6. The second-order valence-corrected chi connectivity index (χ2v) is 5.73. The van der Waals surface area contributed by atoms with E-state index in [0.29, 0.717) is 18.2 Å². The lowest BCUT2D eigenvalue weighted by atomic mass is 10.1. The Kier molecular flexibility index (Phi) is 9.33. The van der Waals surface area contributed by atoms with Crippen molar-refractivity contribution in [2.75, 3.05) is 33.2 Å². The van der Waals surface area contributed by atoms with E-state index in [1.165, 1.54) is 11.3 Å². The maximum atomic E-state index is 11.9. The van der Waals surface area contributed by atoms with Crippen molar-refractivity contribution in [3.05, 3.63) is 16.1 Å². The highest BCUT2D eigenvalue weighted by Gasteiger charge is 2.20. The summed E-state index contributed by atoms with van der Waals surface area (Å²) in [6.45, 7) is 3.50. The van der Waals surface area contributed by atoms with Crippen molar-refractivity contribution in [2.24, 2.45) is 11.7 Å². The molecule has 1 aliphatic heterocycles. The molecule has 0 aromatic carbocycles. The van der Waals surface area contributed by atoms with Crippen molar-refractivity contribution in [3.63, 3.8) is 0 Å². The number of nitrogens with one attached hydrogen (secondary N) is 1. The van der Waals surface area contributed by atoms with Crippen LogP contribution < -0.4 is 11.1 Å². The predicted molar refractivity (Wildman–Crippen MR) is 87.3 cm³/mol. The van der Waals surface area contributed by atoms with Crippen molar-refractivity contribution in [2.45, 2.75) is 12.8 Å². The summed E-state index contributed by atoms with van der Waals surface area (Å²) in [5.74, 6) is 0.505. The Labute approximate surface area is 136 Å². The van der Waals surface area contributed by atoms with Gasteiger partial charge in [0.2, 0.25) is 0 Å². The van der Waals surface area contributed by atoms with Gasteiger partial charge >= 0.3 is 0 Å². The number of thiazole rings is 1. The first-order valence-electron chi connectivity index (χ1n) is 6.30. The summed E-state index contributed by atoms with van der Waals surface area (Å²) in [5, 5.41) is 5.70. The third kappa shape index (κ3) is 5.54. The van der Waals surface area contributed by atoms with Crippen LogP contribution in [0.15, 0.2) is 5.38 Å². The Morgan fingerprint density at radius 2 is 2.35 bits per heavy atom. The summed E-state index contributed by atoms with van der Waals surface area (Å²) < 4.78 is 0. The first-order chi connectivity index (χ1) is 8.69. The standard InChI is InChI=1S/C12H20N4OS.2ClH/c1-16-5-3-9(7-16)6-14-12(17)10-8-18-11(15-10)2-4-13;;/h8-9H,2-7,13H2,1H3,(H,14,17);2*1H. The van der Waals surface area contributed by atoms with Crippen molar-refractivity contribution >= 4 is 42.1 Å². The Hall–Kier alpha value is -0.400. The van der Waals surface area contributed by atoms with Crippen molar-refractivity contribution in [1.29, 1.82) is 0 Å². The molecular formula is C12H22Cl2N4OS. The average molecular weight is 341 g/mol. The van der Waals surface area contributed by atoms with Gasteiger partial charge in [-0.2, -0.15) is 0 Å². The SMILES string of the molecule is CN1CCC(CNC(=O)c2csc(CCN)n2)C1.Cl.Cl. The third-order valence-electron chi connectivity index (χ3n) is 3.18. The number of likely N-dealkylation sites (tertiary alicyclic amines) is 1. The van der Waals surface area contributed by atoms with Gasteiger partial charge in [0.15, 0.2) is 0 Å². The topological polar surface area (TPSA) is 71.2 Å². The van der Waals surface area contributed by atoms with E-state index in [-0.39, 0.29) is 30.7 Å². The minimum atomic E-state index is -0.0657. The Balaban J connectivity index is 0.00000180. The molecule has 1 fully saturated rings. The van der Waals surface area contributed by atoms with Gasteiger partial charge in [-0.15, -0.1) is 36.2 Å². The minimum Gasteiger partial charge on any atom is -0.350 e. The largest absolute Gasteiger partial charge is 0.350 e. The Morgan fingerprint density at radius 3 is 2.95 bits per heavy atom. The van der Waals surface area contributed by atoms with Crippen LogP contribution >= 0.6 is 36.2 Å². The second kappa shape index (κ2) is 9.52. The predicted octanol–water partition coefficient (Wildman–Crippen LogP) is 1.17. The van der Waals surface area contributed by atoms with Crippen LogP contribution in [-0.2, 0) is 6.42 Å². The lowest BCUT2D eigenvalue weighted by Crippen LogP contribution is -2.30. The Bertz CT molecular complexity index is 416. The lowest BCUT2D eigenvalue weighted by Gasteiger charge is -2.10. The lowest BCUT2D eigenvalue weighted by molar-refractivity contribution is 0.0943. The number of rotatable bonds is 5. The quantitative estimate of drug-likeness (QED) is 0.843. The smallest absolute Gasteiger partial charge is 0.270 e. The van der Waals surface area contributed by atoms with Crippen molar-refractivity contribution < 1.29 is 4.79 Å². The summed E-state index contributed by atoms with van der Waals surface area (Å²) >= 11 is 1.50. The highest BCUT2D eigenvalue weighted by atomic mass is 35.5. The van der Waals surface area contributed by atoms with Crippen LogP contribution in [0.4, 0.5) is 0 Å². The normalized spacial score (nSPS) is 18.2. The minimum absolute atomic E-state index is 0. The van der Waals surface area contributed by atoms with E-state index in [0.717, 1.165) is 37.5 Å². The van der Waals surface area contributed by atoms with E-state index in [9.17, 15) is 4.79 Å². The van der Waals surface area contributed by atoms with E-state index in [2.05, 4.69) is 22.2 Å². The molecule has 3 N–H and O–H groups in total. The molecule has 5 nitrogen and oxygen atoms in total. The van der Waals surface area contributed by atoms with Gasteiger partial charge in [0.25, 0.3) is 5.91 Å². The average Bonchev–Trinajstić information content (AvgIpc) is 2.96. The molecule has 2 heterocycles. The molecule has 0 aliphatic carbocycles. The number of hydrogen-bond acceptors (Lipinski definition) is 5. The maximum Gasteiger partial charge on any atom is 0.270 e. The van der Waals surface area contributed by atoms with Gasteiger partial charge in [-0.05, 0) is 32.5 Å².